The van der Waals surface area contributed by atoms with Crippen molar-refractivity contribution in [1.82, 2.24) is 19.5 Å². The second-order valence-corrected chi connectivity index (χ2v) is 7.84. The van der Waals surface area contributed by atoms with E-state index in [9.17, 15) is 5.11 Å². The summed E-state index contributed by atoms with van der Waals surface area (Å²) in [6, 6.07) is 31.8. The zero-order chi connectivity index (χ0) is 22.4. The smallest absolute Gasteiger partial charge is 0.432 e. The molecule has 3 heterocycles. The van der Waals surface area contributed by atoms with Crippen LogP contribution in [-0.2, 0) is 0 Å². The standard InChI is InChI=1S/C27H19N5O/c1-18(33)25-24(21-15-9-4-10-16-21)29-26-30-32-23(20-13-7-3-8-14-20)17-22(28-27(32)31(25)26)19-11-5-2-6-12-19/h2-17H,1H3. The molecular formula is C27H19N5O. The van der Waals surface area contributed by atoms with Crippen molar-refractivity contribution in [2.45, 2.75) is 6.92 Å². The molecule has 0 bridgehead atoms. The van der Waals surface area contributed by atoms with Gasteiger partial charge in [0.25, 0.3) is 0 Å². The van der Waals surface area contributed by atoms with E-state index in [1.165, 1.54) is 0 Å². The number of imidazole rings is 1. The van der Waals surface area contributed by atoms with Gasteiger partial charge in [0.15, 0.2) is 5.69 Å². The highest BCUT2D eigenvalue weighted by Crippen LogP contribution is 2.24. The minimum atomic E-state index is -0.0931. The Kier molecular flexibility index (Phi) is 4.36. The molecule has 0 N–H and O–H groups in total. The lowest BCUT2D eigenvalue weighted by Crippen LogP contribution is -2.30. The van der Waals surface area contributed by atoms with E-state index >= 15 is 0 Å². The van der Waals surface area contributed by atoms with Crippen molar-refractivity contribution in [2.24, 2.45) is 0 Å². The fourth-order valence-corrected chi connectivity index (χ4v) is 4.18. The molecule has 0 aliphatic rings. The summed E-state index contributed by atoms with van der Waals surface area (Å²) in [5.74, 6) is 0.892. The number of hydrogen-bond donors (Lipinski definition) is 0. The van der Waals surface area contributed by atoms with Gasteiger partial charge >= 0.3 is 11.6 Å². The van der Waals surface area contributed by atoms with E-state index in [0.717, 1.165) is 28.1 Å². The van der Waals surface area contributed by atoms with Crippen molar-refractivity contribution in [1.29, 1.82) is 0 Å². The minimum absolute atomic E-state index is 0.0931. The van der Waals surface area contributed by atoms with Crippen molar-refractivity contribution in [3.63, 3.8) is 0 Å². The summed E-state index contributed by atoms with van der Waals surface area (Å²) in [6.07, 6.45) is 0. The SMILES string of the molecule is C/C([O-])=c1/c(-c2ccccc2)nc2n[n+]3c(-c4ccccc4)cc(-c4ccccc4)nc3n12. The number of hydrogen-bond acceptors (Lipinski definition) is 4. The fourth-order valence-electron chi connectivity index (χ4n) is 4.18. The first-order valence-electron chi connectivity index (χ1n) is 10.7. The first-order chi connectivity index (χ1) is 16.2. The molecule has 6 nitrogen and oxygen atoms in total. The number of benzene rings is 3. The maximum absolute atomic E-state index is 12.8. The van der Waals surface area contributed by atoms with E-state index in [2.05, 4.69) is 0 Å². The molecule has 6 heteroatoms. The number of rotatable bonds is 3. The van der Waals surface area contributed by atoms with Crippen LogP contribution in [0.2, 0.25) is 0 Å². The zero-order valence-electron chi connectivity index (χ0n) is 17.9. The first-order valence-corrected chi connectivity index (χ1v) is 10.7. The Balaban J connectivity index is 1.75. The van der Waals surface area contributed by atoms with Crippen LogP contribution >= 0.6 is 0 Å². The quantitative estimate of drug-likeness (QED) is 0.406. The predicted molar refractivity (Wildman–Crippen MR) is 125 cm³/mol. The molecule has 0 saturated heterocycles. The Morgan fingerprint density at radius 1 is 0.758 bits per heavy atom. The summed E-state index contributed by atoms with van der Waals surface area (Å²) in [7, 11) is 0. The van der Waals surface area contributed by atoms with Crippen LogP contribution in [0.4, 0.5) is 0 Å². The molecule has 0 aliphatic heterocycles. The van der Waals surface area contributed by atoms with Crippen molar-refractivity contribution in [2.75, 3.05) is 0 Å². The van der Waals surface area contributed by atoms with Crippen LogP contribution in [0.3, 0.4) is 0 Å². The molecule has 0 atom stereocenters. The summed E-state index contributed by atoms with van der Waals surface area (Å²) < 4.78 is 3.54. The van der Waals surface area contributed by atoms with Crippen LogP contribution in [0, 0.1) is 0 Å². The second kappa shape index (κ2) is 7.53. The Labute approximate surface area is 189 Å². The molecule has 0 unspecified atom stereocenters. The van der Waals surface area contributed by atoms with E-state index in [-0.39, 0.29) is 5.76 Å². The lowest BCUT2D eigenvalue weighted by Gasteiger charge is -2.04. The number of fused-ring (bicyclic) bond motifs is 3. The van der Waals surface area contributed by atoms with E-state index in [1.54, 1.807) is 15.8 Å². The summed E-state index contributed by atoms with van der Waals surface area (Å²) >= 11 is 0. The third-order valence-electron chi connectivity index (χ3n) is 5.68. The highest BCUT2D eigenvalue weighted by molar-refractivity contribution is 5.69. The Morgan fingerprint density at radius 2 is 1.33 bits per heavy atom. The van der Waals surface area contributed by atoms with Crippen LogP contribution in [0.15, 0.2) is 97.1 Å². The van der Waals surface area contributed by atoms with E-state index in [0.29, 0.717) is 22.6 Å². The van der Waals surface area contributed by atoms with Crippen LogP contribution < -0.4 is 15.0 Å². The summed E-state index contributed by atoms with van der Waals surface area (Å²) in [6.45, 7) is 1.55. The van der Waals surface area contributed by atoms with Crippen LogP contribution in [0.25, 0.3) is 51.1 Å². The van der Waals surface area contributed by atoms with Gasteiger partial charge in [-0.25, -0.2) is 0 Å². The molecule has 6 rings (SSSR count). The van der Waals surface area contributed by atoms with E-state index < -0.39 is 0 Å². The van der Waals surface area contributed by atoms with Gasteiger partial charge in [-0.3, -0.25) is 0 Å². The van der Waals surface area contributed by atoms with Gasteiger partial charge in [-0.15, -0.1) is 0 Å². The molecule has 158 valence electrons. The molecule has 0 fully saturated rings. The van der Waals surface area contributed by atoms with Gasteiger partial charge in [0, 0.05) is 22.8 Å². The van der Waals surface area contributed by atoms with Crippen molar-refractivity contribution < 1.29 is 9.62 Å². The summed E-state index contributed by atoms with van der Waals surface area (Å²) in [4.78, 5) is 9.69. The fraction of sp³-hybridized carbons (Fsp3) is 0.0370. The molecule has 0 radical (unpaired) electrons. The highest BCUT2D eigenvalue weighted by atomic mass is 16.3. The number of nitrogens with zero attached hydrogens (tertiary/aromatic N) is 5. The lowest BCUT2D eigenvalue weighted by molar-refractivity contribution is -0.566. The van der Waals surface area contributed by atoms with Gasteiger partial charge in [0.2, 0.25) is 0 Å². The van der Waals surface area contributed by atoms with E-state index in [4.69, 9.17) is 15.1 Å². The Hall–Kier alpha value is -4.58. The molecule has 33 heavy (non-hydrogen) atoms. The van der Waals surface area contributed by atoms with Gasteiger partial charge in [-0.2, -0.15) is 9.38 Å². The summed E-state index contributed by atoms with van der Waals surface area (Å²) in [5, 5.41) is 18.1. The third kappa shape index (κ3) is 3.11. The van der Waals surface area contributed by atoms with Gasteiger partial charge in [-0.1, -0.05) is 113 Å². The normalized spacial score (nSPS) is 12.4. The molecule has 3 aromatic carbocycles. The molecule has 0 spiro atoms. The molecule has 3 aromatic heterocycles. The molecule has 0 amide bonds. The zero-order valence-corrected chi connectivity index (χ0v) is 17.9. The average Bonchev–Trinajstić information content (AvgIpc) is 3.41. The van der Waals surface area contributed by atoms with Crippen molar-refractivity contribution in [3.8, 4) is 33.8 Å². The monoisotopic (exact) mass is 429 g/mol. The lowest BCUT2D eigenvalue weighted by atomic mass is 10.1. The van der Waals surface area contributed by atoms with Gasteiger partial charge in [0.05, 0.1) is 0 Å². The van der Waals surface area contributed by atoms with Gasteiger partial charge < -0.3 is 5.11 Å². The molecular weight excluding hydrogens is 410 g/mol. The topological polar surface area (TPSA) is 70.2 Å². The van der Waals surface area contributed by atoms with Crippen LogP contribution in [0.1, 0.15) is 6.92 Å². The Bertz CT molecular complexity index is 1660. The highest BCUT2D eigenvalue weighted by Gasteiger charge is 2.26. The Morgan fingerprint density at radius 3 is 1.94 bits per heavy atom. The largest absolute Gasteiger partial charge is 0.873 e. The maximum Gasteiger partial charge on any atom is 0.432 e. The average molecular weight is 429 g/mol. The van der Waals surface area contributed by atoms with Gasteiger partial charge in [-0.05, 0) is 5.10 Å². The predicted octanol–water partition coefficient (Wildman–Crippen LogP) is 3.07. The van der Waals surface area contributed by atoms with Crippen LogP contribution in [0.5, 0.6) is 0 Å². The van der Waals surface area contributed by atoms with Crippen molar-refractivity contribution in [3.05, 3.63) is 102 Å². The summed E-state index contributed by atoms with van der Waals surface area (Å²) in [5.41, 5.74) is 5.14. The molecule has 6 aromatic rings. The molecule has 0 saturated carbocycles. The third-order valence-corrected chi connectivity index (χ3v) is 5.68. The minimum Gasteiger partial charge on any atom is -0.873 e. The van der Waals surface area contributed by atoms with Gasteiger partial charge in [0.1, 0.15) is 16.7 Å². The van der Waals surface area contributed by atoms with Crippen LogP contribution in [-0.4, -0.2) is 19.5 Å². The number of aromatic nitrogens is 5. The maximum atomic E-state index is 12.8. The second-order valence-electron chi connectivity index (χ2n) is 7.84. The van der Waals surface area contributed by atoms with Crippen molar-refractivity contribution >= 4 is 17.3 Å². The first kappa shape index (κ1) is 19.1. The molecule has 0 aliphatic carbocycles. The van der Waals surface area contributed by atoms with E-state index in [1.807, 2.05) is 97.1 Å².